The van der Waals surface area contributed by atoms with Crippen LogP contribution in [0.3, 0.4) is 0 Å². The average molecular weight is 377 g/mol. The Morgan fingerprint density at radius 1 is 1.04 bits per heavy atom. The summed E-state index contributed by atoms with van der Waals surface area (Å²) in [5.74, 6) is -3.82. The molecule has 1 amide bonds. The molecule has 10 heteroatoms. The van der Waals surface area contributed by atoms with Crippen molar-refractivity contribution in [3.63, 3.8) is 0 Å². The number of amides is 1. The number of hydrogen-bond donors (Lipinski definition) is 2. The number of halogens is 3. The quantitative estimate of drug-likeness (QED) is 0.705. The molecule has 0 saturated heterocycles. The molecule has 0 aliphatic rings. The number of rotatable bonds is 7. The highest BCUT2D eigenvalue weighted by atomic mass is 19.4. The van der Waals surface area contributed by atoms with Crippen LogP contribution in [0.1, 0.15) is 30.6 Å². The van der Waals surface area contributed by atoms with Gasteiger partial charge in [0.05, 0.1) is 25.2 Å². The Morgan fingerprint density at radius 3 is 2.04 bits per heavy atom. The zero-order valence-corrected chi connectivity index (χ0v) is 14.1. The zero-order valence-electron chi connectivity index (χ0n) is 14.1. The van der Waals surface area contributed by atoms with Crippen LogP contribution in [-0.2, 0) is 19.1 Å². The van der Waals surface area contributed by atoms with Crippen molar-refractivity contribution in [3.8, 4) is 0 Å². The van der Waals surface area contributed by atoms with Gasteiger partial charge in [0.15, 0.2) is 0 Å². The van der Waals surface area contributed by atoms with Crippen molar-refractivity contribution in [2.45, 2.75) is 32.0 Å². The van der Waals surface area contributed by atoms with Gasteiger partial charge < -0.3 is 19.9 Å². The lowest BCUT2D eigenvalue weighted by Crippen LogP contribution is -2.54. The maximum Gasteiger partial charge on any atom is 0.428 e. The molecule has 1 atom stereocenters. The van der Waals surface area contributed by atoms with Gasteiger partial charge in [-0.3, -0.25) is 4.79 Å². The molecule has 0 fully saturated rings. The molecule has 0 aliphatic carbocycles. The largest absolute Gasteiger partial charge is 0.464 e. The number of esters is 2. The zero-order chi connectivity index (χ0) is 20.0. The van der Waals surface area contributed by atoms with Gasteiger partial charge in [0.25, 0.3) is 5.60 Å². The van der Waals surface area contributed by atoms with Crippen molar-refractivity contribution in [2.75, 3.05) is 18.5 Å². The Hall–Kier alpha value is -2.62. The number of benzene rings is 1. The van der Waals surface area contributed by atoms with Gasteiger partial charge in [0.2, 0.25) is 5.91 Å². The van der Waals surface area contributed by atoms with Crippen molar-refractivity contribution in [2.24, 2.45) is 0 Å². The third-order valence-electron chi connectivity index (χ3n) is 3.18. The summed E-state index contributed by atoms with van der Waals surface area (Å²) in [6, 6.07) is 5.13. The van der Waals surface area contributed by atoms with Crippen LogP contribution in [0.15, 0.2) is 24.3 Å². The number of alkyl halides is 3. The van der Waals surface area contributed by atoms with E-state index in [-0.39, 0.29) is 17.9 Å². The van der Waals surface area contributed by atoms with Crippen LogP contribution < -0.4 is 5.32 Å². The molecule has 2 N–H and O–H groups in total. The summed E-state index contributed by atoms with van der Waals surface area (Å²) < 4.78 is 48.0. The molecule has 0 radical (unpaired) electrons. The molecule has 7 nitrogen and oxygen atoms in total. The lowest BCUT2D eigenvalue weighted by atomic mass is 9.98. The number of carbonyl (C=O) groups excluding carboxylic acids is 3. The van der Waals surface area contributed by atoms with Crippen molar-refractivity contribution in [3.05, 3.63) is 29.8 Å². The highest BCUT2D eigenvalue weighted by Gasteiger charge is 2.61. The third kappa shape index (κ3) is 5.19. The molecule has 0 aliphatic heterocycles. The molecule has 1 aromatic rings. The highest BCUT2D eigenvalue weighted by molar-refractivity contribution is 5.96. The summed E-state index contributed by atoms with van der Waals surface area (Å²) in [7, 11) is 0. The van der Waals surface area contributed by atoms with Crippen LogP contribution in [0.4, 0.5) is 18.9 Å². The summed E-state index contributed by atoms with van der Waals surface area (Å²) in [5, 5.41) is 11.8. The summed E-state index contributed by atoms with van der Waals surface area (Å²) in [6.45, 7) is 2.66. The number of ether oxygens (including phenoxy) is 2. The smallest absolute Gasteiger partial charge is 0.428 e. The standard InChI is InChI=1S/C16H18F3NO6/c1-3-25-13(22)10-5-7-11(8-6-10)20-12(21)9-15(24,16(17,18)19)14(23)26-4-2/h5-8,24H,3-4,9H2,1-2H3,(H,20,21)/t15-/m1/s1. The van der Waals surface area contributed by atoms with Crippen molar-refractivity contribution in [1.82, 2.24) is 0 Å². The molecule has 1 rings (SSSR count). The van der Waals surface area contributed by atoms with E-state index >= 15 is 0 Å². The van der Waals surface area contributed by atoms with Crippen LogP contribution in [0, 0.1) is 0 Å². The van der Waals surface area contributed by atoms with Crippen LogP contribution in [0.25, 0.3) is 0 Å². The Labute approximate surface area is 147 Å². The van der Waals surface area contributed by atoms with Gasteiger partial charge in [-0.2, -0.15) is 13.2 Å². The van der Waals surface area contributed by atoms with Gasteiger partial charge in [-0.15, -0.1) is 0 Å². The van der Waals surface area contributed by atoms with E-state index in [0.29, 0.717) is 0 Å². The number of hydrogen-bond acceptors (Lipinski definition) is 6. The Morgan fingerprint density at radius 2 is 1.58 bits per heavy atom. The Kier molecular flexibility index (Phi) is 7.13. The minimum atomic E-state index is -5.40. The predicted molar refractivity (Wildman–Crippen MR) is 83.3 cm³/mol. The normalized spacial score (nSPS) is 13.5. The summed E-state index contributed by atoms with van der Waals surface area (Å²) in [6.07, 6.45) is -6.97. The van der Waals surface area contributed by atoms with Gasteiger partial charge in [0.1, 0.15) is 0 Å². The summed E-state index contributed by atoms with van der Waals surface area (Å²) >= 11 is 0. The molecular weight excluding hydrogens is 359 g/mol. The van der Waals surface area contributed by atoms with E-state index in [4.69, 9.17) is 4.74 Å². The molecular formula is C16H18F3NO6. The SMILES string of the molecule is CCOC(=O)c1ccc(NC(=O)C[C@@](O)(C(=O)OCC)C(F)(F)F)cc1. The lowest BCUT2D eigenvalue weighted by molar-refractivity contribution is -0.262. The molecule has 1 aromatic carbocycles. The monoisotopic (exact) mass is 377 g/mol. The van der Waals surface area contributed by atoms with E-state index in [9.17, 15) is 32.7 Å². The molecule has 0 bridgehead atoms. The first-order valence-corrected chi connectivity index (χ1v) is 7.58. The Bertz CT molecular complexity index is 659. The number of nitrogens with one attached hydrogen (secondary N) is 1. The first-order chi connectivity index (χ1) is 12.0. The lowest BCUT2D eigenvalue weighted by Gasteiger charge is -2.27. The van der Waals surface area contributed by atoms with Crippen LogP contribution in [0.2, 0.25) is 0 Å². The molecule has 0 heterocycles. The maximum atomic E-state index is 13.0. The minimum Gasteiger partial charge on any atom is -0.464 e. The van der Waals surface area contributed by atoms with Gasteiger partial charge >= 0.3 is 18.1 Å². The molecule has 26 heavy (non-hydrogen) atoms. The van der Waals surface area contributed by atoms with Gasteiger partial charge in [-0.05, 0) is 38.1 Å². The van der Waals surface area contributed by atoms with Crippen LogP contribution in [0.5, 0.6) is 0 Å². The topological polar surface area (TPSA) is 102 Å². The van der Waals surface area contributed by atoms with Crippen LogP contribution >= 0.6 is 0 Å². The Balaban J connectivity index is 2.86. The minimum absolute atomic E-state index is 0.0661. The molecule has 0 unspecified atom stereocenters. The fourth-order valence-corrected chi connectivity index (χ4v) is 1.88. The van der Waals surface area contributed by atoms with Crippen molar-refractivity contribution in [1.29, 1.82) is 0 Å². The number of aliphatic hydroxyl groups is 1. The van der Waals surface area contributed by atoms with Crippen molar-refractivity contribution >= 4 is 23.5 Å². The molecule has 144 valence electrons. The average Bonchev–Trinajstić information content (AvgIpc) is 2.54. The fraction of sp³-hybridized carbons (Fsp3) is 0.438. The number of carbonyl (C=O) groups is 3. The second-order valence-electron chi connectivity index (χ2n) is 5.10. The van der Waals surface area contributed by atoms with Gasteiger partial charge in [-0.1, -0.05) is 0 Å². The van der Waals surface area contributed by atoms with E-state index in [2.05, 4.69) is 10.1 Å². The number of anilines is 1. The maximum absolute atomic E-state index is 13.0. The third-order valence-corrected chi connectivity index (χ3v) is 3.18. The van der Waals surface area contributed by atoms with E-state index in [1.807, 2.05) is 0 Å². The summed E-state index contributed by atoms with van der Waals surface area (Å²) in [5.41, 5.74) is -3.71. The van der Waals surface area contributed by atoms with Gasteiger partial charge in [-0.25, -0.2) is 9.59 Å². The first kappa shape index (κ1) is 21.4. The van der Waals surface area contributed by atoms with E-state index < -0.39 is 42.7 Å². The highest BCUT2D eigenvalue weighted by Crippen LogP contribution is 2.34. The van der Waals surface area contributed by atoms with Crippen molar-refractivity contribution < 1.29 is 42.1 Å². The second-order valence-corrected chi connectivity index (χ2v) is 5.10. The predicted octanol–water partition coefficient (Wildman–Crippen LogP) is 2.05. The van der Waals surface area contributed by atoms with Crippen LogP contribution in [-0.4, -0.2) is 47.9 Å². The van der Waals surface area contributed by atoms with E-state index in [1.54, 1.807) is 6.92 Å². The van der Waals surface area contributed by atoms with Gasteiger partial charge in [0, 0.05) is 5.69 Å². The van der Waals surface area contributed by atoms with E-state index in [1.165, 1.54) is 31.2 Å². The molecule has 0 aromatic heterocycles. The van der Waals surface area contributed by atoms with E-state index in [0.717, 1.165) is 0 Å². The fourth-order valence-electron chi connectivity index (χ4n) is 1.88. The first-order valence-electron chi connectivity index (χ1n) is 7.58. The molecule has 0 saturated carbocycles. The summed E-state index contributed by atoms with van der Waals surface area (Å²) in [4.78, 5) is 34.8. The second kappa shape index (κ2) is 8.65. The molecule has 0 spiro atoms.